The third kappa shape index (κ3) is 7.34. The second-order valence-electron chi connectivity index (χ2n) is 27.6. The van der Waals surface area contributed by atoms with Crippen LogP contribution in [0.25, 0.3) is 11.1 Å². The molecule has 368 valence electrons. The lowest BCUT2D eigenvalue weighted by Gasteiger charge is -2.56. The van der Waals surface area contributed by atoms with E-state index in [2.05, 4.69) is 272 Å². The first-order valence-electron chi connectivity index (χ1n) is 26.9. The highest BCUT2D eigenvalue weighted by molar-refractivity contribution is 7.00. The minimum atomic E-state index is -0.111. The Labute approximate surface area is 433 Å². The minimum absolute atomic E-state index is 0.00879. The average molecular weight is 948 g/mol. The van der Waals surface area contributed by atoms with Crippen LogP contribution >= 0.6 is 0 Å². The highest BCUT2D eigenvalue weighted by Gasteiger charge is 2.63. The van der Waals surface area contributed by atoms with Crippen molar-refractivity contribution >= 4 is 68.6 Å². The summed E-state index contributed by atoms with van der Waals surface area (Å²) in [5.41, 5.74) is 24.6. The lowest BCUT2D eigenvalue weighted by molar-refractivity contribution is 0.133. The van der Waals surface area contributed by atoms with Gasteiger partial charge in [0.2, 0.25) is 0 Å². The van der Waals surface area contributed by atoms with Crippen LogP contribution in [0, 0.1) is 0 Å². The van der Waals surface area contributed by atoms with Crippen LogP contribution in [0.15, 0.2) is 140 Å². The van der Waals surface area contributed by atoms with Gasteiger partial charge < -0.3 is 14.7 Å². The molecule has 0 bridgehead atoms. The van der Waals surface area contributed by atoms with Crippen LogP contribution in [-0.4, -0.2) is 12.3 Å². The van der Waals surface area contributed by atoms with Gasteiger partial charge in [0.05, 0.1) is 11.2 Å². The maximum Gasteiger partial charge on any atom is 0.252 e. The summed E-state index contributed by atoms with van der Waals surface area (Å²) < 4.78 is 0. The highest BCUT2D eigenvalue weighted by atomic mass is 15.3. The van der Waals surface area contributed by atoms with Crippen LogP contribution < -0.4 is 31.1 Å². The third-order valence-corrected chi connectivity index (χ3v) is 17.7. The van der Waals surface area contributed by atoms with Crippen LogP contribution in [0.1, 0.15) is 164 Å². The lowest BCUT2D eigenvalue weighted by atomic mass is 9.33. The van der Waals surface area contributed by atoms with Gasteiger partial charge in [0.25, 0.3) is 6.71 Å². The summed E-state index contributed by atoms with van der Waals surface area (Å²) in [5, 5.41) is 0. The maximum atomic E-state index is 2.78. The first-order valence-corrected chi connectivity index (χ1v) is 26.9. The number of anilines is 8. The maximum absolute atomic E-state index is 2.78. The van der Waals surface area contributed by atoms with E-state index < -0.39 is 0 Å². The van der Waals surface area contributed by atoms with Gasteiger partial charge in [0, 0.05) is 50.8 Å². The molecule has 0 aromatic heterocycles. The van der Waals surface area contributed by atoms with Crippen molar-refractivity contribution in [2.75, 3.05) is 14.7 Å². The molecule has 0 radical (unpaired) electrons. The smallest absolute Gasteiger partial charge is 0.252 e. The van der Waals surface area contributed by atoms with Crippen molar-refractivity contribution in [1.29, 1.82) is 0 Å². The van der Waals surface area contributed by atoms with Gasteiger partial charge in [-0.05, 0) is 157 Å². The fourth-order valence-electron chi connectivity index (χ4n) is 12.7. The van der Waals surface area contributed by atoms with Gasteiger partial charge in [-0.1, -0.05) is 196 Å². The standard InChI is InChI=1S/C68H78BN3/c1-62(2,3)44-23-29-49(30-24-44)70-57-34-28-47(65(10,11)12)39-54(57)69-53-31-25-48(66(13,14)15)40-58(53)71(55-32-26-45(63(4,5)6)37-51(55)43-21-19-18-20-22-43)60-42-50(41-59(70)61(60)69)72-56-33-27-46(64(7,8)9)38-52(56)67(16)35-36-68(67,72)17/h18-34,37-42H,35-36H2,1-17H3. The topological polar surface area (TPSA) is 9.72 Å². The molecule has 2 atom stereocenters. The molecule has 2 unspecified atom stereocenters. The molecule has 4 aliphatic rings. The zero-order chi connectivity index (χ0) is 51.5. The fourth-order valence-corrected chi connectivity index (χ4v) is 12.7. The normalized spacial score (nSPS) is 19.3. The molecular weight excluding hydrogens is 870 g/mol. The molecule has 1 saturated carbocycles. The van der Waals surface area contributed by atoms with Gasteiger partial charge in [-0.25, -0.2) is 0 Å². The Morgan fingerprint density at radius 1 is 0.389 bits per heavy atom. The highest BCUT2D eigenvalue weighted by Crippen LogP contribution is 2.66. The number of hydrogen-bond acceptors (Lipinski definition) is 3. The van der Waals surface area contributed by atoms with Gasteiger partial charge in [0.15, 0.2) is 0 Å². The lowest BCUT2D eigenvalue weighted by Crippen LogP contribution is -2.62. The Morgan fingerprint density at radius 2 is 0.889 bits per heavy atom. The number of hydrogen-bond donors (Lipinski definition) is 0. The molecule has 3 aliphatic heterocycles. The van der Waals surface area contributed by atoms with Gasteiger partial charge in [-0.15, -0.1) is 0 Å². The first-order chi connectivity index (χ1) is 33.6. The second kappa shape index (κ2) is 15.8. The molecule has 3 heterocycles. The van der Waals surface area contributed by atoms with Crippen LogP contribution in [-0.2, 0) is 32.5 Å². The summed E-state index contributed by atoms with van der Waals surface area (Å²) in [5.74, 6) is 0. The molecule has 0 saturated heterocycles. The van der Waals surface area contributed by atoms with Crippen molar-refractivity contribution in [3.05, 3.63) is 173 Å². The molecule has 7 aromatic carbocycles. The zero-order valence-electron chi connectivity index (χ0n) is 46.6. The van der Waals surface area contributed by atoms with Crippen molar-refractivity contribution in [3.63, 3.8) is 0 Å². The molecule has 0 N–H and O–H groups in total. The molecular formula is C68H78BN3. The summed E-state index contributed by atoms with van der Waals surface area (Å²) in [6, 6.07) is 55.5. The van der Waals surface area contributed by atoms with E-state index in [1.165, 1.54) is 113 Å². The Bertz CT molecular complexity index is 3310. The Kier molecular flexibility index (Phi) is 10.6. The van der Waals surface area contributed by atoms with Crippen molar-refractivity contribution in [2.24, 2.45) is 0 Å². The van der Waals surface area contributed by atoms with Gasteiger partial charge in [0.1, 0.15) is 0 Å². The van der Waals surface area contributed by atoms with Gasteiger partial charge in [-0.2, -0.15) is 0 Å². The summed E-state index contributed by atoms with van der Waals surface area (Å²) in [4.78, 5) is 8.10. The predicted octanol–water partition coefficient (Wildman–Crippen LogP) is 16.9. The Hall–Kier alpha value is -6.00. The van der Waals surface area contributed by atoms with Crippen LogP contribution in [0.4, 0.5) is 45.5 Å². The Balaban J connectivity index is 1.29. The predicted molar refractivity (Wildman–Crippen MR) is 313 cm³/mol. The summed E-state index contributed by atoms with van der Waals surface area (Å²) in [7, 11) is 0. The van der Waals surface area contributed by atoms with Crippen LogP contribution in [0.5, 0.6) is 0 Å². The van der Waals surface area contributed by atoms with E-state index in [-0.39, 0.29) is 44.7 Å². The summed E-state index contributed by atoms with van der Waals surface area (Å²) in [6.07, 6.45) is 2.30. The van der Waals surface area contributed by atoms with E-state index in [9.17, 15) is 0 Å². The SMILES string of the molecule is CC(C)(C)c1ccc(N2c3ccc(C(C)(C)C)cc3B3c4ccc(C(C)(C)C)cc4N(c4ccc(C(C)(C)C)cc4-c4ccccc4)c4cc(N5c6ccc(C(C)(C)C)cc6C6(C)CCC56C)cc2c43)cc1. The molecule has 7 aromatic rings. The molecule has 3 nitrogen and oxygen atoms in total. The third-order valence-electron chi connectivity index (χ3n) is 17.7. The van der Waals surface area contributed by atoms with E-state index in [0.717, 1.165) is 6.42 Å². The molecule has 1 aliphatic carbocycles. The van der Waals surface area contributed by atoms with E-state index >= 15 is 0 Å². The number of nitrogens with zero attached hydrogens (tertiary/aromatic N) is 3. The van der Waals surface area contributed by atoms with Gasteiger partial charge >= 0.3 is 0 Å². The minimum Gasteiger partial charge on any atom is -0.334 e. The van der Waals surface area contributed by atoms with E-state index in [0.29, 0.717) is 0 Å². The second-order valence-corrected chi connectivity index (χ2v) is 27.6. The first kappa shape index (κ1) is 48.3. The molecule has 11 rings (SSSR count). The number of fused-ring (bicyclic) bond motifs is 7. The van der Waals surface area contributed by atoms with E-state index in [1.807, 2.05) is 0 Å². The summed E-state index contributed by atoms with van der Waals surface area (Å²) >= 11 is 0. The number of benzene rings is 7. The van der Waals surface area contributed by atoms with Gasteiger partial charge in [-0.3, -0.25) is 0 Å². The molecule has 72 heavy (non-hydrogen) atoms. The van der Waals surface area contributed by atoms with Crippen molar-refractivity contribution in [1.82, 2.24) is 0 Å². The monoisotopic (exact) mass is 948 g/mol. The van der Waals surface area contributed by atoms with E-state index in [4.69, 9.17) is 0 Å². The number of rotatable bonds is 4. The molecule has 0 amide bonds. The van der Waals surface area contributed by atoms with Crippen LogP contribution in [0.3, 0.4) is 0 Å². The average Bonchev–Trinajstić information content (AvgIpc) is 3.44. The van der Waals surface area contributed by atoms with Crippen molar-refractivity contribution < 1.29 is 0 Å². The largest absolute Gasteiger partial charge is 0.334 e. The molecule has 0 spiro atoms. The quantitative estimate of drug-likeness (QED) is 0.163. The molecule has 1 fully saturated rings. The summed E-state index contributed by atoms with van der Waals surface area (Å²) in [6.45, 7) is 40.3. The molecule has 4 heteroatoms. The Morgan fingerprint density at radius 3 is 1.46 bits per heavy atom. The zero-order valence-corrected chi connectivity index (χ0v) is 46.6. The van der Waals surface area contributed by atoms with Crippen LogP contribution in [0.2, 0.25) is 0 Å². The fraction of sp³-hybridized carbons (Fsp3) is 0.382. The van der Waals surface area contributed by atoms with Crippen molar-refractivity contribution in [2.45, 2.75) is 169 Å². The van der Waals surface area contributed by atoms with E-state index in [1.54, 1.807) is 0 Å². The van der Waals surface area contributed by atoms with Crippen molar-refractivity contribution in [3.8, 4) is 11.1 Å².